The number of aromatic nitrogens is 3. The van der Waals surface area contributed by atoms with E-state index < -0.39 is 0 Å². The van der Waals surface area contributed by atoms with Gasteiger partial charge in [0.25, 0.3) is 0 Å². The maximum Gasteiger partial charge on any atom is 0.163 e. The van der Waals surface area contributed by atoms with Crippen LogP contribution in [-0.4, -0.2) is 27.5 Å². The van der Waals surface area contributed by atoms with Crippen molar-refractivity contribution in [2.75, 3.05) is 22.1 Å². The molecule has 2 aromatic heterocycles. The van der Waals surface area contributed by atoms with E-state index in [0.717, 1.165) is 24.6 Å². The molecule has 2 N–H and O–H groups in total. The molecule has 32 heavy (non-hydrogen) atoms. The van der Waals surface area contributed by atoms with Crippen molar-refractivity contribution in [2.24, 2.45) is 10.8 Å². The summed E-state index contributed by atoms with van der Waals surface area (Å²) in [7, 11) is 0. The molecule has 6 nitrogen and oxygen atoms in total. The van der Waals surface area contributed by atoms with Crippen LogP contribution in [0.2, 0.25) is 0 Å². The number of nitrogens with zero attached hydrogens (tertiary/aromatic N) is 5. The highest BCUT2D eigenvalue weighted by Crippen LogP contribution is 2.54. The van der Waals surface area contributed by atoms with E-state index >= 15 is 0 Å². The van der Waals surface area contributed by atoms with Crippen molar-refractivity contribution in [2.45, 2.75) is 52.6 Å². The van der Waals surface area contributed by atoms with E-state index in [9.17, 15) is 0 Å². The number of fused-ring (bicyclic) bond motifs is 2. The van der Waals surface area contributed by atoms with E-state index in [2.05, 4.69) is 57.7 Å². The number of anilines is 4. The van der Waals surface area contributed by atoms with Gasteiger partial charge in [0.15, 0.2) is 11.6 Å². The SMILES string of the molecule is CC1(C)CC2CC(C)(CN2c2ncnc(N(Cc3ccccc3)c3ccccn3)c2N)C1. The number of nitrogens with two attached hydrogens (primary N) is 1. The Morgan fingerprint density at radius 2 is 1.78 bits per heavy atom. The fourth-order valence-electron chi connectivity index (χ4n) is 6.07. The van der Waals surface area contributed by atoms with Gasteiger partial charge in [0, 0.05) is 18.8 Å². The van der Waals surface area contributed by atoms with Gasteiger partial charge in [0.2, 0.25) is 0 Å². The minimum Gasteiger partial charge on any atom is -0.393 e. The first kappa shape index (κ1) is 20.7. The van der Waals surface area contributed by atoms with Gasteiger partial charge in [-0.15, -0.1) is 0 Å². The number of hydrogen-bond donors (Lipinski definition) is 1. The summed E-state index contributed by atoms with van der Waals surface area (Å²) >= 11 is 0. The van der Waals surface area contributed by atoms with Gasteiger partial charge in [-0.1, -0.05) is 57.2 Å². The normalized spacial score (nSPS) is 23.8. The maximum atomic E-state index is 6.81. The average Bonchev–Trinajstić information content (AvgIpc) is 3.02. The molecule has 0 spiro atoms. The first-order chi connectivity index (χ1) is 15.3. The second kappa shape index (κ2) is 7.76. The van der Waals surface area contributed by atoms with Gasteiger partial charge in [-0.2, -0.15) is 0 Å². The summed E-state index contributed by atoms with van der Waals surface area (Å²) in [4.78, 5) is 18.4. The highest BCUT2D eigenvalue weighted by molar-refractivity contribution is 5.79. The van der Waals surface area contributed by atoms with Crippen LogP contribution in [0.1, 0.15) is 45.6 Å². The lowest BCUT2D eigenvalue weighted by Gasteiger charge is -2.39. The van der Waals surface area contributed by atoms with Crippen LogP contribution in [0.15, 0.2) is 61.1 Å². The second-order valence-corrected chi connectivity index (χ2v) is 10.5. The van der Waals surface area contributed by atoms with Gasteiger partial charge in [0.1, 0.15) is 17.8 Å². The van der Waals surface area contributed by atoms with E-state index in [4.69, 9.17) is 5.73 Å². The molecule has 1 aliphatic carbocycles. The van der Waals surface area contributed by atoms with E-state index in [-0.39, 0.29) is 0 Å². The molecule has 0 radical (unpaired) electrons. The lowest BCUT2D eigenvalue weighted by molar-refractivity contribution is 0.136. The first-order valence-electron chi connectivity index (χ1n) is 11.4. The second-order valence-electron chi connectivity index (χ2n) is 10.5. The molecule has 0 amide bonds. The zero-order chi connectivity index (χ0) is 22.3. The Hall–Kier alpha value is -3.15. The molecule has 3 aromatic rings. The summed E-state index contributed by atoms with van der Waals surface area (Å²) in [5, 5.41) is 0. The predicted octanol–water partition coefficient (Wildman–Crippen LogP) is 5.20. The Labute approximate surface area is 190 Å². The quantitative estimate of drug-likeness (QED) is 0.602. The number of nitrogen functional groups attached to an aromatic ring is 1. The van der Waals surface area contributed by atoms with Crippen molar-refractivity contribution >= 4 is 23.1 Å². The highest BCUT2D eigenvalue weighted by atomic mass is 15.3. The van der Waals surface area contributed by atoms with Crippen molar-refractivity contribution in [1.82, 2.24) is 15.0 Å². The summed E-state index contributed by atoms with van der Waals surface area (Å²) in [5.74, 6) is 2.39. The Morgan fingerprint density at radius 1 is 1.00 bits per heavy atom. The summed E-state index contributed by atoms with van der Waals surface area (Å²) in [5.41, 5.74) is 9.25. The molecule has 2 unspecified atom stereocenters. The van der Waals surface area contributed by atoms with Gasteiger partial charge < -0.3 is 15.5 Å². The molecule has 2 atom stereocenters. The van der Waals surface area contributed by atoms with E-state index in [1.807, 2.05) is 36.4 Å². The Balaban J connectivity index is 1.54. The average molecular weight is 429 g/mol. The minimum absolute atomic E-state index is 0.300. The molecule has 6 heteroatoms. The molecule has 2 fully saturated rings. The maximum absolute atomic E-state index is 6.81. The van der Waals surface area contributed by atoms with Gasteiger partial charge >= 0.3 is 0 Å². The predicted molar refractivity (Wildman–Crippen MR) is 130 cm³/mol. The Morgan fingerprint density at radius 3 is 2.53 bits per heavy atom. The third-order valence-electron chi connectivity index (χ3n) is 6.89. The van der Waals surface area contributed by atoms with Gasteiger partial charge in [0.05, 0.1) is 6.54 Å². The largest absolute Gasteiger partial charge is 0.393 e. The van der Waals surface area contributed by atoms with Crippen LogP contribution in [0.5, 0.6) is 0 Å². The van der Waals surface area contributed by atoms with Crippen molar-refractivity contribution in [3.8, 4) is 0 Å². The molecule has 1 saturated heterocycles. The standard InChI is InChI=1S/C26H32N6/c1-25(2)13-20-14-26(3,16-25)17-32(20)24-22(27)23(29-18-30-24)31(21-11-7-8-12-28-21)15-19-9-5-4-6-10-19/h4-12,18,20H,13-17,27H2,1-3H3. The molecule has 1 aromatic carbocycles. The van der Waals surface area contributed by atoms with Gasteiger partial charge in [-0.05, 0) is 47.8 Å². The van der Waals surface area contributed by atoms with E-state index in [1.165, 1.54) is 18.4 Å². The molecule has 1 saturated carbocycles. The molecule has 2 bridgehead atoms. The van der Waals surface area contributed by atoms with Crippen molar-refractivity contribution in [3.63, 3.8) is 0 Å². The van der Waals surface area contributed by atoms with E-state index in [1.54, 1.807) is 12.5 Å². The number of pyridine rings is 1. The molecular formula is C26H32N6. The van der Waals surface area contributed by atoms with Crippen LogP contribution in [0.3, 0.4) is 0 Å². The smallest absolute Gasteiger partial charge is 0.163 e. The molecule has 5 rings (SSSR count). The van der Waals surface area contributed by atoms with Crippen LogP contribution >= 0.6 is 0 Å². The summed E-state index contributed by atoms with van der Waals surface area (Å²) in [6.45, 7) is 8.81. The lowest BCUT2D eigenvalue weighted by Crippen LogP contribution is -2.35. The van der Waals surface area contributed by atoms with Crippen molar-refractivity contribution in [3.05, 3.63) is 66.6 Å². The highest BCUT2D eigenvalue weighted by Gasteiger charge is 2.50. The Kier molecular flexibility index (Phi) is 5.03. The van der Waals surface area contributed by atoms with Gasteiger partial charge in [-0.25, -0.2) is 15.0 Å². The van der Waals surface area contributed by atoms with Crippen molar-refractivity contribution < 1.29 is 0 Å². The summed E-state index contributed by atoms with van der Waals surface area (Å²) in [6, 6.07) is 16.7. The molecule has 2 aliphatic rings. The van der Waals surface area contributed by atoms with Gasteiger partial charge in [-0.3, -0.25) is 0 Å². The molecule has 1 aliphatic heterocycles. The summed E-state index contributed by atoms with van der Waals surface area (Å²) < 4.78 is 0. The van der Waals surface area contributed by atoms with Crippen LogP contribution in [-0.2, 0) is 6.54 Å². The van der Waals surface area contributed by atoms with Crippen molar-refractivity contribution in [1.29, 1.82) is 0 Å². The fraction of sp³-hybridized carbons (Fsp3) is 0.423. The summed E-state index contributed by atoms with van der Waals surface area (Å²) in [6.07, 6.45) is 7.05. The van der Waals surface area contributed by atoms with Crippen LogP contribution in [0.4, 0.5) is 23.1 Å². The number of rotatable bonds is 5. The van der Waals surface area contributed by atoms with E-state index in [0.29, 0.717) is 34.9 Å². The minimum atomic E-state index is 0.300. The van der Waals surface area contributed by atoms with Crippen LogP contribution in [0.25, 0.3) is 0 Å². The topological polar surface area (TPSA) is 71.2 Å². The first-order valence-corrected chi connectivity index (χ1v) is 11.4. The monoisotopic (exact) mass is 428 g/mol. The molecule has 166 valence electrons. The molecular weight excluding hydrogens is 396 g/mol. The number of benzene rings is 1. The third-order valence-corrected chi connectivity index (χ3v) is 6.89. The third kappa shape index (κ3) is 3.90. The number of hydrogen-bond acceptors (Lipinski definition) is 6. The zero-order valence-corrected chi connectivity index (χ0v) is 19.2. The van der Waals surface area contributed by atoms with Crippen LogP contribution < -0.4 is 15.5 Å². The lowest BCUT2D eigenvalue weighted by atomic mass is 9.65. The molecule has 3 heterocycles. The Bertz CT molecular complexity index is 1080. The van der Waals surface area contributed by atoms with Crippen LogP contribution in [0, 0.1) is 10.8 Å². The fourth-order valence-corrected chi connectivity index (χ4v) is 6.07. The zero-order valence-electron chi connectivity index (χ0n) is 19.2.